The van der Waals surface area contributed by atoms with Crippen LogP contribution >= 0.6 is 0 Å². The summed E-state index contributed by atoms with van der Waals surface area (Å²) >= 11 is 0. The first kappa shape index (κ1) is 11.7. The molecule has 0 aliphatic heterocycles. The summed E-state index contributed by atoms with van der Waals surface area (Å²) in [7, 11) is 0. The Bertz CT molecular complexity index is 580. The van der Waals surface area contributed by atoms with Crippen LogP contribution < -0.4 is 0 Å². The lowest BCUT2D eigenvalue weighted by Gasteiger charge is -2.12. The Balaban J connectivity index is 2.50. The van der Waals surface area contributed by atoms with Crippen LogP contribution in [-0.2, 0) is 0 Å². The van der Waals surface area contributed by atoms with Crippen molar-refractivity contribution in [3.8, 4) is 11.8 Å². The molecule has 1 heteroatoms. The van der Waals surface area contributed by atoms with Crippen molar-refractivity contribution in [3.63, 3.8) is 0 Å². The molecule has 0 radical (unpaired) electrons. The molecule has 0 aromatic heterocycles. The molecule has 1 unspecified atom stereocenters. The lowest BCUT2D eigenvalue weighted by molar-refractivity contribution is 0.118. The Morgan fingerprint density at radius 1 is 1.12 bits per heavy atom. The summed E-state index contributed by atoms with van der Waals surface area (Å²) in [6.45, 7) is 3.67. The van der Waals surface area contributed by atoms with Gasteiger partial charge in [-0.25, -0.2) is 0 Å². The molecule has 0 bridgehead atoms. The third-order valence-corrected chi connectivity index (χ3v) is 2.94. The standard InChI is InChI=1S/C16H16O/c1-3-16(2,17)12-11-14-9-6-8-13-7-4-5-10-15(13)14/h4-10,17H,3H2,1-2H3. The van der Waals surface area contributed by atoms with Crippen molar-refractivity contribution in [3.05, 3.63) is 48.0 Å². The highest BCUT2D eigenvalue weighted by Gasteiger charge is 2.12. The van der Waals surface area contributed by atoms with Gasteiger partial charge in [0.1, 0.15) is 5.60 Å². The SMILES string of the molecule is CCC(C)(O)C#Cc1cccc2ccccc12. The molecular formula is C16H16O. The van der Waals surface area contributed by atoms with Crippen molar-refractivity contribution in [2.75, 3.05) is 0 Å². The summed E-state index contributed by atoms with van der Waals surface area (Å²) < 4.78 is 0. The molecule has 2 rings (SSSR count). The van der Waals surface area contributed by atoms with E-state index < -0.39 is 5.60 Å². The second-order valence-corrected chi connectivity index (χ2v) is 4.40. The molecule has 0 saturated heterocycles. The molecule has 0 saturated carbocycles. The molecule has 86 valence electrons. The monoisotopic (exact) mass is 224 g/mol. The number of hydrogen-bond donors (Lipinski definition) is 1. The molecule has 1 N–H and O–H groups in total. The van der Waals surface area contributed by atoms with Crippen LogP contribution in [0.4, 0.5) is 0 Å². The van der Waals surface area contributed by atoms with Gasteiger partial charge in [0.05, 0.1) is 0 Å². The van der Waals surface area contributed by atoms with Crippen LogP contribution in [0.15, 0.2) is 42.5 Å². The third kappa shape index (κ3) is 2.67. The lowest BCUT2D eigenvalue weighted by atomic mass is 10.0. The summed E-state index contributed by atoms with van der Waals surface area (Å²) in [5, 5.41) is 12.2. The maximum atomic E-state index is 9.88. The average molecular weight is 224 g/mol. The second kappa shape index (κ2) is 4.61. The van der Waals surface area contributed by atoms with Gasteiger partial charge in [-0.15, -0.1) is 0 Å². The number of hydrogen-bond acceptors (Lipinski definition) is 1. The molecule has 2 aromatic carbocycles. The first-order chi connectivity index (χ1) is 8.12. The molecule has 0 spiro atoms. The Hall–Kier alpha value is -1.78. The van der Waals surface area contributed by atoms with Crippen molar-refractivity contribution in [2.24, 2.45) is 0 Å². The molecule has 0 aliphatic rings. The molecule has 0 aliphatic carbocycles. The molecule has 1 atom stereocenters. The smallest absolute Gasteiger partial charge is 0.122 e. The van der Waals surface area contributed by atoms with Gasteiger partial charge >= 0.3 is 0 Å². The zero-order valence-corrected chi connectivity index (χ0v) is 10.2. The largest absolute Gasteiger partial charge is 0.378 e. The minimum atomic E-state index is -0.906. The zero-order valence-electron chi connectivity index (χ0n) is 10.2. The van der Waals surface area contributed by atoms with Crippen molar-refractivity contribution in [1.82, 2.24) is 0 Å². The van der Waals surface area contributed by atoms with Crippen molar-refractivity contribution in [2.45, 2.75) is 25.9 Å². The maximum Gasteiger partial charge on any atom is 0.122 e. The maximum absolute atomic E-state index is 9.88. The predicted molar refractivity (Wildman–Crippen MR) is 71.7 cm³/mol. The van der Waals surface area contributed by atoms with E-state index in [4.69, 9.17) is 0 Å². The van der Waals surface area contributed by atoms with Crippen LogP contribution in [0.5, 0.6) is 0 Å². The van der Waals surface area contributed by atoms with Crippen molar-refractivity contribution >= 4 is 10.8 Å². The second-order valence-electron chi connectivity index (χ2n) is 4.40. The quantitative estimate of drug-likeness (QED) is 0.736. The fourth-order valence-electron chi connectivity index (χ4n) is 1.62. The summed E-state index contributed by atoms with van der Waals surface area (Å²) in [6.07, 6.45) is 0.630. The molecule has 0 amide bonds. The highest BCUT2D eigenvalue weighted by Crippen LogP contribution is 2.18. The molecule has 1 nitrogen and oxygen atoms in total. The van der Waals surface area contributed by atoms with Gasteiger partial charge in [0, 0.05) is 5.56 Å². The first-order valence-electron chi connectivity index (χ1n) is 5.86. The fraction of sp³-hybridized carbons (Fsp3) is 0.250. The van der Waals surface area contributed by atoms with E-state index in [1.807, 2.05) is 31.2 Å². The third-order valence-electron chi connectivity index (χ3n) is 2.94. The van der Waals surface area contributed by atoms with Gasteiger partial charge in [-0.2, -0.15) is 0 Å². The predicted octanol–water partition coefficient (Wildman–Crippen LogP) is 3.35. The normalized spacial score (nSPS) is 13.8. The van der Waals surface area contributed by atoms with Gasteiger partial charge in [0.15, 0.2) is 0 Å². The minimum Gasteiger partial charge on any atom is -0.378 e. The van der Waals surface area contributed by atoms with Crippen LogP contribution in [0, 0.1) is 11.8 Å². The van der Waals surface area contributed by atoms with E-state index in [0.717, 1.165) is 10.9 Å². The van der Waals surface area contributed by atoms with E-state index in [2.05, 4.69) is 30.0 Å². The highest BCUT2D eigenvalue weighted by atomic mass is 16.3. The summed E-state index contributed by atoms with van der Waals surface area (Å²) in [6, 6.07) is 14.2. The van der Waals surface area contributed by atoms with Gasteiger partial charge in [0.25, 0.3) is 0 Å². The van der Waals surface area contributed by atoms with E-state index in [0.29, 0.717) is 6.42 Å². The number of fused-ring (bicyclic) bond motifs is 1. The lowest BCUT2D eigenvalue weighted by Crippen LogP contribution is -2.19. The average Bonchev–Trinajstić information content (AvgIpc) is 2.36. The Kier molecular flexibility index (Phi) is 3.17. The Morgan fingerprint density at radius 3 is 2.59 bits per heavy atom. The molecule has 0 heterocycles. The zero-order chi connectivity index (χ0) is 12.3. The van der Waals surface area contributed by atoms with Crippen molar-refractivity contribution < 1.29 is 5.11 Å². The molecule has 17 heavy (non-hydrogen) atoms. The molecule has 0 fully saturated rings. The van der Waals surface area contributed by atoms with Crippen LogP contribution in [0.3, 0.4) is 0 Å². The van der Waals surface area contributed by atoms with E-state index in [1.165, 1.54) is 5.39 Å². The van der Waals surface area contributed by atoms with Crippen LogP contribution in [-0.4, -0.2) is 10.7 Å². The number of rotatable bonds is 1. The first-order valence-corrected chi connectivity index (χ1v) is 5.86. The minimum absolute atomic E-state index is 0.630. The Labute approximate surface area is 102 Å². The van der Waals surface area contributed by atoms with Gasteiger partial charge in [-0.3, -0.25) is 0 Å². The molecular weight excluding hydrogens is 208 g/mol. The van der Waals surface area contributed by atoms with Gasteiger partial charge in [-0.05, 0) is 30.2 Å². The topological polar surface area (TPSA) is 20.2 Å². The van der Waals surface area contributed by atoms with E-state index in [9.17, 15) is 5.11 Å². The molecule has 2 aromatic rings. The van der Waals surface area contributed by atoms with E-state index in [1.54, 1.807) is 6.92 Å². The number of benzene rings is 2. The van der Waals surface area contributed by atoms with Gasteiger partial charge < -0.3 is 5.11 Å². The van der Waals surface area contributed by atoms with E-state index >= 15 is 0 Å². The van der Waals surface area contributed by atoms with Crippen LogP contribution in [0.1, 0.15) is 25.8 Å². The van der Waals surface area contributed by atoms with E-state index in [-0.39, 0.29) is 0 Å². The highest BCUT2D eigenvalue weighted by molar-refractivity contribution is 5.88. The summed E-state index contributed by atoms with van der Waals surface area (Å²) in [5.74, 6) is 6.00. The van der Waals surface area contributed by atoms with Crippen LogP contribution in [0.2, 0.25) is 0 Å². The van der Waals surface area contributed by atoms with Crippen molar-refractivity contribution in [1.29, 1.82) is 0 Å². The van der Waals surface area contributed by atoms with Gasteiger partial charge in [-0.1, -0.05) is 55.2 Å². The fourth-order valence-corrected chi connectivity index (χ4v) is 1.62. The van der Waals surface area contributed by atoms with Gasteiger partial charge in [0.2, 0.25) is 0 Å². The number of aliphatic hydroxyl groups is 1. The van der Waals surface area contributed by atoms with Crippen LogP contribution in [0.25, 0.3) is 10.8 Å². The Morgan fingerprint density at radius 2 is 1.82 bits per heavy atom. The summed E-state index contributed by atoms with van der Waals surface area (Å²) in [5.41, 5.74) is 0.0635. The summed E-state index contributed by atoms with van der Waals surface area (Å²) in [4.78, 5) is 0.